The molecule has 5 nitrogen and oxygen atoms in total. The monoisotopic (exact) mass is 321 g/mol. The van der Waals surface area contributed by atoms with Crippen molar-refractivity contribution in [2.24, 2.45) is 7.05 Å². The number of likely N-dealkylation sites (N-methyl/N-ethyl adjacent to an activating group) is 1. The van der Waals surface area contributed by atoms with Crippen LogP contribution in [-0.2, 0) is 17.1 Å². The Morgan fingerprint density at radius 3 is 2.32 bits per heavy atom. The molecule has 1 aromatic carbocycles. The van der Waals surface area contributed by atoms with Gasteiger partial charge in [-0.2, -0.15) is 0 Å². The van der Waals surface area contributed by atoms with Gasteiger partial charge < -0.3 is 4.57 Å². The van der Waals surface area contributed by atoms with Gasteiger partial charge in [0.2, 0.25) is 10.0 Å². The fourth-order valence-electron chi connectivity index (χ4n) is 2.36. The van der Waals surface area contributed by atoms with Crippen LogP contribution in [0.1, 0.15) is 17.3 Å². The van der Waals surface area contributed by atoms with E-state index in [0.29, 0.717) is 11.4 Å². The Morgan fingerprint density at radius 2 is 1.82 bits per heavy atom. The average Bonchev–Trinajstić information content (AvgIpc) is 2.85. The highest BCUT2D eigenvalue weighted by atomic mass is 32.2. The van der Waals surface area contributed by atoms with Gasteiger partial charge in [-0.3, -0.25) is 4.90 Å². The highest BCUT2D eigenvalue weighted by molar-refractivity contribution is 7.89. The van der Waals surface area contributed by atoms with Crippen molar-refractivity contribution in [2.75, 3.05) is 20.6 Å². The van der Waals surface area contributed by atoms with Gasteiger partial charge in [0.25, 0.3) is 0 Å². The van der Waals surface area contributed by atoms with Crippen LogP contribution in [0.3, 0.4) is 0 Å². The van der Waals surface area contributed by atoms with Gasteiger partial charge in [0.1, 0.15) is 0 Å². The van der Waals surface area contributed by atoms with E-state index in [1.807, 2.05) is 55.9 Å². The predicted octanol–water partition coefficient (Wildman–Crippen LogP) is 1.91. The first-order chi connectivity index (χ1) is 10.3. The lowest BCUT2D eigenvalue weighted by Crippen LogP contribution is -2.35. The van der Waals surface area contributed by atoms with Gasteiger partial charge in [-0.25, -0.2) is 13.1 Å². The summed E-state index contributed by atoms with van der Waals surface area (Å²) in [6.07, 6.45) is 1.96. The van der Waals surface area contributed by atoms with E-state index in [0.717, 1.165) is 11.3 Å². The van der Waals surface area contributed by atoms with Crippen molar-refractivity contribution < 1.29 is 8.42 Å². The van der Waals surface area contributed by atoms with Gasteiger partial charge in [0, 0.05) is 25.5 Å². The summed E-state index contributed by atoms with van der Waals surface area (Å²) < 4.78 is 29.5. The van der Waals surface area contributed by atoms with E-state index < -0.39 is 10.0 Å². The van der Waals surface area contributed by atoms with Crippen molar-refractivity contribution in [3.05, 3.63) is 53.9 Å². The third kappa shape index (κ3) is 3.76. The maximum atomic E-state index is 12.4. The highest BCUT2D eigenvalue weighted by Gasteiger charge is 2.21. The zero-order chi connectivity index (χ0) is 16.3. The van der Waals surface area contributed by atoms with Crippen LogP contribution in [-0.4, -0.2) is 38.5 Å². The number of hydrogen-bond donors (Lipinski definition) is 1. The Hall–Kier alpha value is -1.63. The quantitative estimate of drug-likeness (QED) is 0.884. The van der Waals surface area contributed by atoms with Gasteiger partial charge in [0.05, 0.1) is 10.9 Å². The summed E-state index contributed by atoms with van der Waals surface area (Å²) in [5, 5.41) is 0. The molecule has 0 aliphatic rings. The molecule has 0 bridgehead atoms. The van der Waals surface area contributed by atoms with Crippen LogP contribution < -0.4 is 4.72 Å². The first-order valence-electron chi connectivity index (χ1n) is 7.15. The molecule has 0 unspecified atom stereocenters. The summed E-state index contributed by atoms with van der Waals surface area (Å²) in [7, 11) is 2.35. The van der Waals surface area contributed by atoms with Crippen LogP contribution in [0.25, 0.3) is 0 Å². The molecule has 0 saturated carbocycles. The molecule has 1 atom stereocenters. The molecular formula is C16H23N3O2S. The minimum absolute atomic E-state index is 0.0276. The average molecular weight is 321 g/mol. The van der Waals surface area contributed by atoms with E-state index in [1.54, 1.807) is 24.3 Å². The third-order valence-corrected chi connectivity index (χ3v) is 5.19. The molecule has 120 valence electrons. The maximum Gasteiger partial charge on any atom is 0.240 e. The molecule has 22 heavy (non-hydrogen) atoms. The second-order valence-corrected chi connectivity index (χ2v) is 7.46. The summed E-state index contributed by atoms with van der Waals surface area (Å²) in [5.74, 6) is 0. The number of aryl methyl sites for hydroxylation is 2. The molecule has 0 amide bonds. The zero-order valence-electron chi connectivity index (χ0n) is 13.4. The van der Waals surface area contributed by atoms with Gasteiger partial charge in [-0.05, 0) is 45.3 Å². The molecule has 0 saturated heterocycles. The molecule has 1 aromatic heterocycles. The van der Waals surface area contributed by atoms with Gasteiger partial charge in [0.15, 0.2) is 0 Å². The number of nitrogens with zero attached hydrogens (tertiary/aromatic N) is 2. The summed E-state index contributed by atoms with van der Waals surface area (Å²) >= 11 is 0. The summed E-state index contributed by atoms with van der Waals surface area (Å²) in [4.78, 5) is 2.30. The highest BCUT2D eigenvalue weighted by Crippen LogP contribution is 2.18. The Bertz CT molecular complexity index is 718. The first kappa shape index (κ1) is 16.7. The second kappa shape index (κ2) is 6.64. The van der Waals surface area contributed by atoms with Crippen molar-refractivity contribution in [1.82, 2.24) is 14.2 Å². The summed E-state index contributed by atoms with van der Waals surface area (Å²) in [6, 6.07) is 10.8. The normalized spacial score (nSPS) is 13.5. The largest absolute Gasteiger partial charge is 0.353 e. The minimum Gasteiger partial charge on any atom is -0.353 e. The molecule has 0 spiro atoms. The third-order valence-electron chi connectivity index (χ3n) is 3.75. The predicted molar refractivity (Wildman–Crippen MR) is 88.2 cm³/mol. The van der Waals surface area contributed by atoms with E-state index in [1.165, 1.54) is 0 Å². The van der Waals surface area contributed by atoms with Crippen LogP contribution in [0, 0.1) is 6.92 Å². The van der Waals surface area contributed by atoms with Gasteiger partial charge >= 0.3 is 0 Å². The lowest BCUT2D eigenvalue weighted by molar-refractivity contribution is 0.289. The van der Waals surface area contributed by atoms with Crippen molar-refractivity contribution in [1.29, 1.82) is 0 Å². The Labute approximate surface area is 132 Å². The molecule has 0 aliphatic heterocycles. The van der Waals surface area contributed by atoms with E-state index in [2.05, 4.69) is 4.72 Å². The van der Waals surface area contributed by atoms with Gasteiger partial charge in [-0.1, -0.05) is 17.7 Å². The van der Waals surface area contributed by atoms with Crippen LogP contribution in [0.4, 0.5) is 0 Å². The van der Waals surface area contributed by atoms with Crippen molar-refractivity contribution >= 4 is 10.0 Å². The second-order valence-electron chi connectivity index (χ2n) is 5.69. The minimum atomic E-state index is -3.50. The molecule has 0 radical (unpaired) electrons. The Morgan fingerprint density at radius 1 is 1.18 bits per heavy atom. The van der Waals surface area contributed by atoms with Gasteiger partial charge in [-0.15, -0.1) is 0 Å². The molecule has 1 N–H and O–H groups in total. The topological polar surface area (TPSA) is 54.3 Å². The van der Waals surface area contributed by atoms with E-state index in [4.69, 9.17) is 0 Å². The summed E-state index contributed by atoms with van der Waals surface area (Å²) in [6.45, 7) is 2.25. The van der Waals surface area contributed by atoms with Crippen LogP contribution in [0.15, 0.2) is 47.5 Å². The van der Waals surface area contributed by atoms with Crippen LogP contribution >= 0.6 is 0 Å². The van der Waals surface area contributed by atoms with E-state index in [-0.39, 0.29) is 6.04 Å². The standard InChI is InChI=1S/C16H23N3O2S/c1-13-7-9-14(10-8-13)22(20,21)17-12-16(18(2)3)15-6-5-11-19(15)4/h5-11,16-17H,12H2,1-4H3/t16-/m1/s1. The van der Waals surface area contributed by atoms with Crippen molar-refractivity contribution in [3.8, 4) is 0 Å². The van der Waals surface area contributed by atoms with Crippen LogP contribution in [0.2, 0.25) is 0 Å². The van der Waals surface area contributed by atoms with Crippen LogP contribution in [0.5, 0.6) is 0 Å². The number of nitrogens with one attached hydrogen (secondary N) is 1. The molecule has 0 aliphatic carbocycles. The summed E-state index contributed by atoms with van der Waals surface area (Å²) in [5.41, 5.74) is 2.10. The fraction of sp³-hybridized carbons (Fsp3) is 0.375. The number of aromatic nitrogens is 1. The van der Waals surface area contributed by atoms with E-state index >= 15 is 0 Å². The van der Waals surface area contributed by atoms with E-state index in [9.17, 15) is 8.42 Å². The molecule has 2 aromatic rings. The smallest absolute Gasteiger partial charge is 0.240 e. The molecule has 6 heteroatoms. The molecule has 0 fully saturated rings. The number of sulfonamides is 1. The molecule has 2 rings (SSSR count). The SMILES string of the molecule is Cc1ccc(S(=O)(=O)NC[C@H](c2cccn2C)N(C)C)cc1. The zero-order valence-corrected chi connectivity index (χ0v) is 14.3. The number of benzene rings is 1. The lowest BCUT2D eigenvalue weighted by atomic mass is 10.2. The number of rotatable bonds is 6. The number of hydrogen-bond acceptors (Lipinski definition) is 3. The van der Waals surface area contributed by atoms with Crippen molar-refractivity contribution in [3.63, 3.8) is 0 Å². The first-order valence-corrected chi connectivity index (χ1v) is 8.63. The Balaban J connectivity index is 2.15. The van der Waals surface area contributed by atoms with Crippen molar-refractivity contribution in [2.45, 2.75) is 17.9 Å². The Kier molecular flexibility index (Phi) is 5.05. The maximum absolute atomic E-state index is 12.4. The lowest BCUT2D eigenvalue weighted by Gasteiger charge is -2.25. The molecular weight excluding hydrogens is 298 g/mol. The fourth-order valence-corrected chi connectivity index (χ4v) is 3.40. The molecule has 1 heterocycles.